The minimum Gasteiger partial charge on any atom is -0.464 e. The maximum Gasteiger partial charge on any atom is 0.311 e. The van der Waals surface area contributed by atoms with Crippen LogP contribution in [-0.4, -0.2) is 32.1 Å². The predicted molar refractivity (Wildman–Crippen MR) is 134 cm³/mol. The fourth-order valence-corrected chi connectivity index (χ4v) is 4.19. The summed E-state index contributed by atoms with van der Waals surface area (Å²) >= 11 is 0. The molecule has 3 rings (SSSR count). The Morgan fingerprint density at radius 2 is 1.88 bits per heavy atom. The van der Waals surface area contributed by atoms with E-state index in [4.69, 9.17) is 14.2 Å². The smallest absolute Gasteiger partial charge is 0.311 e. The Bertz CT molecular complexity index is 941. The first-order valence-electron chi connectivity index (χ1n) is 12.0. The van der Waals surface area contributed by atoms with Crippen molar-refractivity contribution in [3.8, 4) is 0 Å². The lowest BCUT2D eigenvalue weighted by atomic mass is 9.72. The fourth-order valence-electron chi connectivity index (χ4n) is 4.19. The van der Waals surface area contributed by atoms with E-state index in [0.717, 1.165) is 24.0 Å². The van der Waals surface area contributed by atoms with Crippen LogP contribution in [0.5, 0.6) is 0 Å². The Morgan fingerprint density at radius 3 is 2.48 bits per heavy atom. The van der Waals surface area contributed by atoms with E-state index in [1.54, 1.807) is 0 Å². The lowest BCUT2D eigenvalue weighted by Crippen LogP contribution is -2.37. The van der Waals surface area contributed by atoms with Crippen LogP contribution in [0.3, 0.4) is 0 Å². The lowest BCUT2D eigenvalue weighted by molar-refractivity contribution is -0.197. The molecule has 1 unspecified atom stereocenters. The molecule has 1 aromatic carbocycles. The van der Waals surface area contributed by atoms with Crippen molar-refractivity contribution < 1.29 is 19.0 Å². The second kappa shape index (κ2) is 9.99. The highest BCUT2D eigenvalue weighted by atomic mass is 16.7. The van der Waals surface area contributed by atoms with Gasteiger partial charge in [0, 0.05) is 5.41 Å². The molecule has 4 nitrogen and oxygen atoms in total. The molecule has 1 saturated heterocycles. The molecule has 180 valence electrons. The minimum atomic E-state index is -0.496. The zero-order valence-electron chi connectivity index (χ0n) is 21.4. The number of carbonyl (C=O) groups is 1. The number of hydrogen-bond acceptors (Lipinski definition) is 4. The molecule has 0 N–H and O–H groups in total. The molecule has 1 aromatic rings. The molecule has 1 atom stereocenters. The molecule has 0 radical (unpaired) electrons. The van der Waals surface area contributed by atoms with Gasteiger partial charge in [0.2, 0.25) is 0 Å². The summed E-state index contributed by atoms with van der Waals surface area (Å²) in [5, 5.41) is 0. The first-order chi connectivity index (χ1) is 15.5. The third kappa shape index (κ3) is 6.04. The molecule has 0 amide bonds. The quantitative estimate of drug-likeness (QED) is 0.446. The van der Waals surface area contributed by atoms with Gasteiger partial charge in [0.15, 0.2) is 6.29 Å². The number of allylic oxidation sites excluding steroid dienone is 3. The molecule has 0 bridgehead atoms. The Balaban J connectivity index is 1.94. The van der Waals surface area contributed by atoms with E-state index in [0.29, 0.717) is 19.8 Å². The summed E-state index contributed by atoms with van der Waals surface area (Å²) in [6, 6.07) is 4.41. The summed E-state index contributed by atoms with van der Waals surface area (Å²) in [6.45, 7) is 16.1. The number of hydrogen-bond donors (Lipinski definition) is 0. The number of carbonyl (C=O) groups excluding carboxylic acids is 1. The standard InChI is InChI=1S/C29H40O4/c1-8-28(6,7)26(30)33-20-29(14-10-9-11-15-29)24-17-21(2)16-22(3)23(24)12-13-25-31-18-27(4,5)19-32-25/h9-14,16-17,25H,8,15,18-20H2,1-7H3/b13-12+. The van der Waals surface area contributed by atoms with Gasteiger partial charge in [0.25, 0.3) is 0 Å². The van der Waals surface area contributed by atoms with Crippen LogP contribution in [0.25, 0.3) is 6.08 Å². The Morgan fingerprint density at radius 1 is 1.18 bits per heavy atom. The second-order valence-electron chi connectivity index (χ2n) is 11.0. The average Bonchev–Trinajstić information content (AvgIpc) is 2.78. The van der Waals surface area contributed by atoms with Gasteiger partial charge in [-0.1, -0.05) is 68.8 Å². The van der Waals surface area contributed by atoms with Crippen molar-refractivity contribution in [1.82, 2.24) is 0 Å². The topological polar surface area (TPSA) is 44.8 Å². The van der Waals surface area contributed by atoms with E-state index in [1.807, 2.05) is 26.8 Å². The molecular formula is C29H40O4. The third-order valence-electron chi connectivity index (χ3n) is 6.81. The second-order valence-corrected chi connectivity index (χ2v) is 11.0. The molecule has 1 heterocycles. The van der Waals surface area contributed by atoms with Crippen molar-refractivity contribution in [3.63, 3.8) is 0 Å². The molecule has 0 aromatic heterocycles. The first-order valence-corrected chi connectivity index (χ1v) is 12.0. The monoisotopic (exact) mass is 452 g/mol. The Kier molecular flexibility index (Phi) is 7.70. The number of rotatable bonds is 7. The summed E-state index contributed by atoms with van der Waals surface area (Å²) in [7, 11) is 0. The normalized spacial score (nSPS) is 23.2. The van der Waals surface area contributed by atoms with Gasteiger partial charge in [0.05, 0.1) is 24.0 Å². The van der Waals surface area contributed by atoms with Gasteiger partial charge in [-0.05, 0) is 63.3 Å². The SMILES string of the molecule is CCC(C)(C)C(=O)OCC1(c2cc(C)cc(C)c2/C=C/C2OCC(C)(C)CO2)C=CC=CC1. The summed E-state index contributed by atoms with van der Waals surface area (Å²) in [6.07, 6.45) is 13.7. The summed E-state index contributed by atoms with van der Waals surface area (Å²) < 4.78 is 17.8. The summed E-state index contributed by atoms with van der Waals surface area (Å²) in [4.78, 5) is 12.8. The van der Waals surface area contributed by atoms with Crippen molar-refractivity contribution in [1.29, 1.82) is 0 Å². The van der Waals surface area contributed by atoms with Gasteiger partial charge in [-0.15, -0.1) is 0 Å². The van der Waals surface area contributed by atoms with E-state index in [1.165, 1.54) is 11.1 Å². The van der Waals surface area contributed by atoms with Gasteiger partial charge < -0.3 is 14.2 Å². The molecule has 0 saturated carbocycles. The van der Waals surface area contributed by atoms with Crippen LogP contribution < -0.4 is 0 Å². The van der Waals surface area contributed by atoms with Crippen molar-refractivity contribution in [2.45, 2.75) is 73.0 Å². The van der Waals surface area contributed by atoms with Gasteiger partial charge in [0.1, 0.15) is 6.61 Å². The van der Waals surface area contributed by atoms with Gasteiger partial charge in [-0.3, -0.25) is 4.79 Å². The Labute approximate surface area is 199 Å². The van der Waals surface area contributed by atoms with E-state index in [9.17, 15) is 4.79 Å². The molecule has 4 heteroatoms. The first kappa shape index (κ1) is 25.5. The van der Waals surface area contributed by atoms with E-state index in [2.05, 4.69) is 70.2 Å². The van der Waals surface area contributed by atoms with E-state index < -0.39 is 10.8 Å². The van der Waals surface area contributed by atoms with Crippen molar-refractivity contribution in [2.24, 2.45) is 10.8 Å². The predicted octanol–water partition coefficient (Wildman–Crippen LogP) is 6.45. The fraction of sp³-hybridized carbons (Fsp3) is 0.552. The van der Waals surface area contributed by atoms with Gasteiger partial charge in [-0.25, -0.2) is 0 Å². The van der Waals surface area contributed by atoms with Crippen LogP contribution in [0.2, 0.25) is 0 Å². The molecule has 1 aliphatic carbocycles. The molecule has 2 aliphatic rings. The highest BCUT2D eigenvalue weighted by Gasteiger charge is 2.36. The highest BCUT2D eigenvalue weighted by molar-refractivity contribution is 5.76. The van der Waals surface area contributed by atoms with E-state index in [-0.39, 0.29) is 17.7 Å². The molecule has 1 aliphatic heterocycles. The Hall–Kier alpha value is -2.17. The van der Waals surface area contributed by atoms with Crippen LogP contribution >= 0.6 is 0 Å². The van der Waals surface area contributed by atoms with Crippen molar-refractivity contribution in [2.75, 3.05) is 19.8 Å². The maximum absolute atomic E-state index is 12.8. The molecular weight excluding hydrogens is 412 g/mol. The van der Waals surface area contributed by atoms with Crippen LogP contribution in [0.1, 0.15) is 69.7 Å². The van der Waals surface area contributed by atoms with Crippen molar-refractivity contribution in [3.05, 3.63) is 64.8 Å². The number of ether oxygens (including phenoxy) is 3. The molecule has 33 heavy (non-hydrogen) atoms. The molecule has 1 fully saturated rings. The number of aryl methyl sites for hydroxylation is 2. The summed E-state index contributed by atoms with van der Waals surface area (Å²) in [5.41, 5.74) is 3.78. The highest BCUT2D eigenvalue weighted by Crippen LogP contribution is 2.39. The van der Waals surface area contributed by atoms with Gasteiger partial charge in [-0.2, -0.15) is 0 Å². The van der Waals surface area contributed by atoms with Crippen LogP contribution in [-0.2, 0) is 24.4 Å². The van der Waals surface area contributed by atoms with Gasteiger partial charge >= 0.3 is 5.97 Å². The van der Waals surface area contributed by atoms with Crippen LogP contribution in [0.4, 0.5) is 0 Å². The molecule has 0 spiro atoms. The maximum atomic E-state index is 12.8. The zero-order valence-corrected chi connectivity index (χ0v) is 21.4. The number of benzene rings is 1. The third-order valence-corrected chi connectivity index (χ3v) is 6.81. The zero-order chi connectivity index (χ0) is 24.3. The van der Waals surface area contributed by atoms with Crippen LogP contribution in [0.15, 0.2) is 42.5 Å². The van der Waals surface area contributed by atoms with E-state index >= 15 is 0 Å². The minimum absolute atomic E-state index is 0.0364. The largest absolute Gasteiger partial charge is 0.464 e. The van der Waals surface area contributed by atoms with Crippen molar-refractivity contribution >= 4 is 12.0 Å². The lowest BCUT2D eigenvalue weighted by Gasteiger charge is -2.35. The summed E-state index contributed by atoms with van der Waals surface area (Å²) in [5.74, 6) is -0.152. The average molecular weight is 453 g/mol. The number of esters is 1. The van der Waals surface area contributed by atoms with Crippen LogP contribution in [0, 0.1) is 24.7 Å².